The van der Waals surface area contributed by atoms with Gasteiger partial charge in [-0.15, -0.1) is 0 Å². The van der Waals surface area contributed by atoms with Gasteiger partial charge in [-0.3, -0.25) is 4.79 Å². The number of hydrogen-bond donors (Lipinski definition) is 1. The molecule has 2 aromatic carbocycles. The molecule has 1 N–H and O–H groups in total. The van der Waals surface area contributed by atoms with Crippen molar-refractivity contribution >= 4 is 23.5 Å². The van der Waals surface area contributed by atoms with Crippen LogP contribution in [0.25, 0.3) is 11.5 Å². The molecule has 3 aromatic rings. The monoisotopic (exact) mass is 412 g/mol. The van der Waals surface area contributed by atoms with Crippen LogP contribution in [0.15, 0.2) is 59.0 Å². The third-order valence-electron chi connectivity index (χ3n) is 4.42. The average molecular weight is 413 g/mol. The first-order chi connectivity index (χ1) is 14.0. The molecule has 0 aliphatic heterocycles. The highest BCUT2D eigenvalue weighted by Crippen LogP contribution is 2.21. The summed E-state index contributed by atoms with van der Waals surface area (Å²) in [6, 6.07) is 15.7. The summed E-state index contributed by atoms with van der Waals surface area (Å²) < 4.78 is 10.5. The van der Waals surface area contributed by atoms with Crippen molar-refractivity contribution in [2.75, 3.05) is 7.11 Å². The van der Waals surface area contributed by atoms with Crippen LogP contribution in [0.4, 0.5) is 0 Å². The largest absolute Gasteiger partial charge is 0.467 e. The Kier molecular flexibility index (Phi) is 6.67. The van der Waals surface area contributed by atoms with E-state index in [1.807, 2.05) is 30.3 Å². The molecule has 150 valence electrons. The molecule has 7 heteroatoms. The molecule has 29 heavy (non-hydrogen) atoms. The van der Waals surface area contributed by atoms with Crippen molar-refractivity contribution in [1.82, 2.24) is 10.3 Å². The zero-order valence-electron chi connectivity index (χ0n) is 16.1. The Bertz CT molecular complexity index is 984. The number of nitrogens with zero attached hydrogens (tertiary/aromatic N) is 1. The van der Waals surface area contributed by atoms with Crippen molar-refractivity contribution in [3.63, 3.8) is 0 Å². The summed E-state index contributed by atoms with van der Waals surface area (Å²) in [5, 5.41) is 3.33. The van der Waals surface area contributed by atoms with Gasteiger partial charge in [0, 0.05) is 17.0 Å². The predicted molar refractivity (Wildman–Crippen MR) is 109 cm³/mol. The number of amides is 1. The number of esters is 1. The average Bonchev–Trinajstić information content (AvgIpc) is 3.09. The predicted octanol–water partition coefficient (Wildman–Crippen LogP) is 3.75. The summed E-state index contributed by atoms with van der Waals surface area (Å²) in [5.74, 6) is 0.156. The number of benzene rings is 2. The van der Waals surface area contributed by atoms with Crippen LogP contribution in [0.3, 0.4) is 0 Å². The van der Waals surface area contributed by atoms with Gasteiger partial charge >= 0.3 is 5.97 Å². The molecular formula is C22H21ClN2O4. The van der Waals surface area contributed by atoms with Gasteiger partial charge in [0.1, 0.15) is 11.8 Å². The molecule has 3 rings (SSSR count). The van der Waals surface area contributed by atoms with Gasteiger partial charge in [-0.25, -0.2) is 9.78 Å². The molecule has 6 nitrogen and oxygen atoms in total. The number of carbonyl (C=O) groups is 2. The van der Waals surface area contributed by atoms with Gasteiger partial charge in [0.05, 0.1) is 19.2 Å². The smallest absolute Gasteiger partial charge is 0.328 e. The first kappa shape index (κ1) is 20.6. The van der Waals surface area contributed by atoms with Crippen molar-refractivity contribution in [1.29, 1.82) is 0 Å². The van der Waals surface area contributed by atoms with Crippen LogP contribution >= 0.6 is 11.6 Å². The molecule has 0 saturated carbocycles. The lowest BCUT2D eigenvalue weighted by molar-refractivity contribution is -0.145. The summed E-state index contributed by atoms with van der Waals surface area (Å²) in [7, 11) is 1.29. The zero-order chi connectivity index (χ0) is 20.8. The fourth-order valence-corrected chi connectivity index (χ4v) is 3.01. The molecule has 0 aliphatic rings. The highest BCUT2D eigenvalue weighted by Gasteiger charge is 2.23. The van der Waals surface area contributed by atoms with E-state index in [1.54, 1.807) is 31.2 Å². The minimum Gasteiger partial charge on any atom is -0.467 e. The Morgan fingerprint density at radius 1 is 1.14 bits per heavy atom. The van der Waals surface area contributed by atoms with Gasteiger partial charge in [-0.1, -0.05) is 41.9 Å². The highest BCUT2D eigenvalue weighted by molar-refractivity contribution is 6.30. The number of aromatic nitrogens is 1. The minimum atomic E-state index is -0.811. The number of halogens is 1. The molecule has 0 bridgehead atoms. The maximum absolute atomic E-state index is 12.6. The number of carbonyl (C=O) groups excluding carboxylic acids is 2. The van der Waals surface area contributed by atoms with Gasteiger partial charge in [0.15, 0.2) is 0 Å². The van der Waals surface area contributed by atoms with Crippen LogP contribution in [-0.4, -0.2) is 30.0 Å². The molecule has 1 heterocycles. The lowest BCUT2D eigenvalue weighted by Crippen LogP contribution is -2.43. The maximum Gasteiger partial charge on any atom is 0.328 e. The van der Waals surface area contributed by atoms with Crippen molar-refractivity contribution in [2.24, 2.45) is 0 Å². The molecule has 0 radical (unpaired) electrons. The van der Waals surface area contributed by atoms with Crippen LogP contribution in [0.1, 0.15) is 17.0 Å². The second kappa shape index (κ2) is 9.39. The maximum atomic E-state index is 12.6. The van der Waals surface area contributed by atoms with Crippen LogP contribution in [0, 0.1) is 6.92 Å². The Labute approximate surface area is 173 Å². The number of nitrogens with one attached hydrogen (secondary N) is 1. The van der Waals surface area contributed by atoms with Crippen molar-refractivity contribution in [3.05, 3.63) is 76.6 Å². The third-order valence-corrected chi connectivity index (χ3v) is 4.67. The van der Waals surface area contributed by atoms with Crippen LogP contribution in [0.2, 0.25) is 5.02 Å². The zero-order valence-corrected chi connectivity index (χ0v) is 16.9. The standard InChI is InChI=1S/C22H21ClN2O4/c1-14-18(25-21(29-14)16-6-4-3-5-7-16)13-20(26)24-19(22(27)28-2)12-15-8-10-17(23)11-9-15/h3-11,19H,12-13H2,1-2H3,(H,24,26). The van der Waals surface area contributed by atoms with E-state index in [0.29, 0.717) is 28.8 Å². The van der Waals surface area contributed by atoms with Crippen LogP contribution in [-0.2, 0) is 27.2 Å². The minimum absolute atomic E-state index is 0.00369. The van der Waals surface area contributed by atoms with Crippen LogP contribution < -0.4 is 5.32 Å². The Morgan fingerprint density at radius 2 is 1.83 bits per heavy atom. The van der Waals surface area contributed by atoms with Crippen molar-refractivity contribution in [3.8, 4) is 11.5 Å². The molecule has 1 atom stereocenters. The molecule has 0 spiro atoms. The normalized spacial score (nSPS) is 11.7. The molecule has 0 saturated heterocycles. The second-order valence-corrected chi connectivity index (χ2v) is 6.97. The first-order valence-corrected chi connectivity index (χ1v) is 9.47. The molecular weight excluding hydrogens is 392 g/mol. The number of hydrogen-bond acceptors (Lipinski definition) is 5. The molecule has 0 fully saturated rings. The lowest BCUT2D eigenvalue weighted by atomic mass is 10.1. The van der Waals surface area contributed by atoms with E-state index in [9.17, 15) is 9.59 Å². The summed E-state index contributed by atoms with van der Waals surface area (Å²) in [4.78, 5) is 29.1. The van der Waals surface area contributed by atoms with Gasteiger partial charge in [-0.2, -0.15) is 0 Å². The lowest BCUT2D eigenvalue weighted by Gasteiger charge is -2.16. The van der Waals surface area contributed by atoms with E-state index in [2.05, 4.69) is 10.3 Å². The van der Waals surface area contributed by atoms with E-state index < -0.39 is 12.0 Å². The van der Waals surface area contributed by atoms with E-state index in [1.165, 1.54) is 7.11 Å². The SMILES string of the molecule is COC(=O)C(Cc1ccc(Cl)cc1)NC(=O)Cc1nc(-c2ccccc2)oc1C. The number of methoxy groups -OCH3 is 1. The summed E-state index contributed by atoms with van der Waals surface area (Å²) in [6.45, 7) is 1.76. The van der Waals surface area contributed by atoms with Crippen LogP contribution in [0.5, 0.6) is 0 Å². The van der Waals surface area contributed by atoms with E-state index in [4.69, 9.17) is 20.8 Å². The summed E-state index contributed by atoms with van der Waals surface area (Å²) in [6.07, 6.45) is 0.291. The van der Waals surface area contributed by atoms with E-state index >= 15 is 0 Å². The van der Waals surface area contributed by atoms with E-state index in [0.717, 1.165) is 11.1 Å². The van der Waals surface area contributed by atoms with Gasteiger partial charge in [0.2, 0.25) is 11.8 Å². The number of rotatable bonds is 7. The fraction of sp³-hybridized carbons (Fsp3) is 0.227. The van der Waals surface area contributed by atoms with Gasteiger partial charge < -0.3 is 14.5 Å². The Morgan fingerprint density at radius 3 is 2.48 bits per heavy atom. The second-order valence-electron chi connectivity index (χ2n) is 6.54. The Hall–Kier alpha value is -3.12. The van der Waals surface area contributed by atoms with E-state index in [-0.39, 0.29) is 12.3 Å². The Balaban J connectivity index is 1.69. The quantitative estimate of drug-likeness (QED) is 0.598. The molecule has 1 aromatic heterocycles. The highest BCUT2D eigenvalue weighted by atomic mass is 35.5. The molecule has 0 aliphatic carbocycles. The number of ether oxygens (including phenoxy) is 1. The third kappa shape index (κ3) is 5.45. The van der Waals surface area contributed by atoms with Crippen molar-refractivity contribution < 1.29 is 18.7 Å². The number of aryl methyl sites for hydroxylation is 1. The topological polar surface area (TPSA) is 81.4 Å². The molecule has 1 unspecified atom stereocenters. The molecule has 1 amide bonds. The van der Waals surface area contributed by atoms with Gasteiger partial charge in [-0.05, 0) is 36.8 Å². The summed E-state index contributed by atoms with van der Waals surface area (Å²) >= 11 is 5.90. The fourth-order valence-electron chi connectivity index (χ4n) is 2.89. The summed E-state index contributed by atoms with van der Waals surface area (Å²) in [5.41, 5.74) is 2.21. The van der Waals surface area contributed by atoms with Crippen molar-refractivity contribution in [2.45, 2.75) is 25.8 Å². The first-order valence-electron chi connectivity index (χ1n) is 9.09. The van der Waals surface area contributed by atoms with Gasteiger partial charge in [0.25, 0.3) is 0 Å². The number of oxazole rings is 1.